The molecular weight excluding hydrogens is 332 g/mol. The minimum atomic E-state index is -3.66. The Balaban J connectivity index is 3.17. The molecule has 0 fully saturated rings. The Morgan fingerprint density at radius 2 is 2.00 bits per heavy atom. The first-order valence-electron chi connectivity index (χ1n) is 5.69. The summed E-state index contributed by atoms with van der Waals surface area (Å²) >= 11 is 3.32. The van der Waals surface area contributed by atoms with Crippen LogP contribution in [-0.2, 0) is 10.0 Å². The van der Waals surface area contributed by atoms with Gasteiger partial charge >= 0.3 is 0 Å². The molecule has 0 atom stereocenters. The van der Waals surface area contributed by atoms with Crippen LogP contribution < -0.4 is 15.2 Å². The molecule has 1 aromatic carbocycles. The number of benzene rings is 1. The molecule has 108 valence electrons. The van der Waals surface area contributed by atoms with Crippen LogP contribution in [0.1, 0.15) is 19.4 Å². The molecular formula is C12H19BrN2O3S. The number of nitrogens with one attached hydrogen (secondary N) is 1. The second-order valence-corrected chi connectivity index (χ2v) is 7.66. The largest absolute Gasteiger partial charge is 0.495 e. The van der Waals surface area contributed by atoms with E-state index in [1.807, 2.05) is 6.92 Å². The van der Waals surface area contributed by atoms with Crippen LogP contribution in [0.2, 0.25) is 0 Å². The number of hydrogen-bond donors (Lipinski definition) is 2. The predicted molar refractivity (Wildman–Crippen MR) is 78.9 cm³/mol. The van der Waals surface area contributed by atoms with Crippen molar-refractivity contribution < 1.29 is 13.2 Å². The fraction of sp³-hybridized carbons (Fsp3) is 0.500. The first-order chi connectivity index (χ1) is 8.57. The predicted octanol–water partition coefficient (Wildman–Crippen LogP) is 1.78. The van der Waals surface area contributed by atoms with E-state index < -0.39 is 15.6 Å². The molecule has 0 saturated heterocycles. The van der Waals surface area contributed by atoms with Gasteiger partial charge in [-0.15, -0.1) is 0 Å². The molecule has 0 radical (unpaired) electrons. The van der Waals surface area contributed by atoms with E-state index in [9.17, 15) is 8.42 Å². The molecule has 0 aliphatic heterocycles. The zero-order valence-electron chi connectivity index (χ0n) is 11.5. The highest BCUT2D eigenvalue weighted by Gasteiger charge is 2.23. The van der Waals surface area contributed by atoms with Crippen LogP contribution >= 0.6 is 15.9 Å². The second kappa shape index (κ2) is 5.78. The van der Waals surface area contributed by atoms with E-state index in [1.165, 1.54) is 13.2 Å². The van der Waals surface area contributed by atoms with E-state index in [-0.39, 0.29) is 11.4 Å². The van der Waals surface area contributed by atoms with E-state index in [0.717, 1.165) is 5.56 Å². The van der Waals surface area contributed by atoms with Gasteiger partial charge < -0.3 is 10.5 Å². The molecule has 0 aliphatic carbocycles. The van der Waals surface area contributed by atoms with Gasteiger partial charge in [-0.25, -0.2) is 13.1 Å². The van der Waals surface area contributed by atoms with Crippen molar-refractivity contribution in [2.75, 3.05) is 13.7 Å². The normalized spacial score (nSPS) is 12.5. The lowest BCUT2D eigenvalue weighted by Gasteiger charge is -2.20. The molecule has 7 heteroatoms. The van der Waals surface area contributed by atoms with Gasteiger partial charge in [0.2, 0.25) is 10.0 Å². The summed E-state index contributed by atoms with van der Waals surface area (Å²) in [6.07, 6.45) is 0. The first-order valence-corrected chi connectivity index (χ1v) is 7.97. The molecule has 0 amide bonds. The quantitative estimate of drug-likeness (QED) is 0.847. The van der Waals surface area contributed by atoms with Crippen molar-refractivity contribution in [3.63, 3.8) is 0 Å². The molecule has 0 heterocycles. The Kier molecular flexibility index (Phi) is 5.00. The fourth-order valence-corrected chi connectivity index (χ4v) is 3.26. The maximum Gasteiger partial charge on any atom is 0.244 e. The third-order valence-electron chi connectivity index (χ3n) is 2.45. The van der Waals surface area contributed by atoms with Crippen LogP contribution in [-0.4, -0.2) is 27.6 Å². The Hall–Kier alpha value is -0.630. The second-order valence-electron chi connectivity index (χ2n) is 5.07. The molecule has 0 bridgehead atoms. The summed E-state index contributed by atoms with van der Waals surface area (Å²) < 4.78 is 32.8. The van der Waals surface area contributed by atoms with E-state index >= 15 is 0 Å². The molecule has 1 rings (SSSR count). The third kappa shape index (κ3) is 4.45. The summed E-state index contributed by atoms with van der Waals surface area (Å²) in [6, 6.07) is 3.20. The van der Waals surface area contributed by atoms with Gasteiger partial charge in [0.25, 0.3) is 0 Å². The standard InChI is InChI=1S/C12H19BrN2O3S/c1-8-5-10(18-4)11(6-9(8)13)19(16,17)15-7-12(2,3)14/h5-6,15H,7,14H2,1-4H3. The Morgan fingerprint density at radius 1 is 1.42 bits per heavy atom. The summed E-state index contributed by atoms with van der Waals surface area (Å²) in [5.74, 6) is 0.308. The van der Waals surface area contributed by atoms with Gasteiger partial charge in [-0.3, -0.25) is 0 Å². The van der Waals surface area contributed by atoms with E-state index in [2.05, 4.69) is 20.7 Å². The highest BCUT2D eigenvalue weighted by Crippen LogP contribution is 2.30. The molecule has 19 heavy (non-hydrogen) atoms. The number of methoxy groups -OCH3 is 1. The van der Waals surface area contributed by atoms with Gasteiger partial charge in [0.1, 0.15) is 10.6 Å². The number of aryl methyl sites for hydroxylation is 1. The van der Waals surface area contributed by atoms with Crippen molar-refractivity contribution in [2.24, 2.45) is 5.73 Å². The van der Waals surface area contributed by atoms with Crippen LogP contribution in [0.3, 0.4) is 0 Å². The number of hydrogen-bond acceptors (Lipinski definition) is 4. The Labute approximate surface area is 122 Å². The maximum absolute atomic E-state index is 12.3. The Morgan fingerprint density at radius 3 is 2.47 bits per heavy atom. The summed E-state index contributed by atoms with van der Waals surface area (Å²) in [4.78, 5) is 0.0942. The van der Waals surface area contributed by atoms with Crippen LogP contribution in [0, 0.1) is 6.92 Å². The number of rotatable bonds is 5. The molecule has 1 aromatic rings. The monoisotopic (exact) mass is 350 g/mol. The maximum atomic E-state index is 12.3. The van der Waals surface area contributed by atoms with Crippen molar-refractivity contribution in [3.8, 4) is 5.75 Å². The molecule has 0 saturated carbocycles. The zero-order chi connectivity index (χ0) is 14.8. The summed E-state index contributed by atoms with van der Waals surface area (Å²) in [5, 5.41) is 0. The molecule has 0 spiro atoms. The van der Waals surface area contributed by atoms with Gasteiger partial charge in [0.15, 0.2) is 0 Å². The smallest absolute Gasteiger partial charge is 0.244 e. The highest BCUT2D eigenvalue weighted by atomic mass is 79.9. The minimum absolute atomic E-state index is 0.0942. The number of ether oxygens (including phenoxy) is 1. The molecule has 0 aliphatic rings. The molecule has 0 unspecified atom stereocenters. The Bertz CT molecular complexity index is 565. The molecule has 3 N–H and O–H groups in total. The van der Waals surface area contributed by atoms with Gasteiger partial charge in [-0.2, -0.15) is 0 Å². The average Bonchev–Trinajstić information content (AvgIpc) is 2.28. The van der Waals surface area contributed by atoms with Gasteiger partial charge in [-0.1, -0.05) is 15.9 Å². The lowest BCUT2D eigenvalue weighted by atomic mass is 10.1. The van der Waals surface area contributed by atoms with Crippen LogP contribution in [0.25, 0.3) is 0 Å². The summed E-state index contributed by atoms with van der Waals surface area (Å²) in [6.45, 7) is 5.50. The first kappa shape index (κ1) is 16.4. The average molecular weight is 351 g/mol. The van der Waals surface area contributed by atoms with Gasteiger partial charge in [0.05, 0.1) is 7.11 Å². The lowest BCUT2D eigenvalue weighted by molar-refractivity contribution is 0.401. The van der Waals surface area contributed by atoms with Crippen molar-refractivity contribution in [3.05, 3.63) is 22.2 Å². The number of sulfonamides is 1. The van der Waals surface area contributed by atoms with Gasteiger partial charge in [0, 0.05) is 16.6 Å². The third-order valence-corrected chi connectivity index (χ3v) is 4.73. The van der Waals surface area contributed by atoms with Crippen molar-refractivity contribution >= 4 is 26.0 Å². The molecule has 0 aromatic heterocycles. The lowest BCUT2D eigenvalue weighted by Crippen LogP contribution is -2.45. The van der Waals surface area contributed by atoms with Crippen molar-refractivity contribution in [1.29, 1.82) is 0 Å². The van der Waals surface area contributed by atoms with E-state index in [1.54, 1.807) is 19.9 Å². The van der Waals surface area contributed by atoms with E-state index in [4.69, 9.17) is 10.5 Å². The topological polar surface area (TPSA) is 81.4 Å². The van der Waals surface area contributed by atoms with Gasteiger partial charge in [-0.05, 0) is 38.5 Å². The minimum Gasteiger partial charge on any atom is -0.495 e. The zero-order valence-corrected chi connectivity index (χ0v) is 13.9. The fourth-order valence-electron chi connectivity index (χ4n) is 1.37. The SMILES string of the molecule is COc1cc(C)c(Br)cc1S(=O)(=O)NCC(C)(C)N. The van der Waals surface area contributed by atoms with Crippen molar-refractivity contribution in [2.45, 2.75) is 31.2 Å². The van der Waals surface area contributed by atoms with Crippen molar-refractivity contribution in [1.82, 2.24) is 4.72 Å². The van der Waals surface area contributed by atoms with Crippen LogP contribution in [0.15, 0.2) is 21.5 Å². The number of halogens is 1. The van der Waals surface area contributed by atoms with E-state index in [0.29, 0.717) is 10.2 Å². The molecule has 5 nitrogen and oxygen atoms in total. The summed E-state index contributed by atoms with van der Waals surface area (Å²) in [5.41, 5.74) is 6.05. The summed E-state index contributed by atoms with van der Waals surface area (Å²) in [7, 11) is -2.22. The highest BCUT2D eigenvalue weighted by molar-refractivity contribution is 9.10. The van der Waals surface area contributed by atoms with Crippen LogP contribution in [0.5, 0.6) is 5.75 Å². The van der Waals surface area contributed by atoms with Crippen LogP contribution in [0.4, 0.5) is 0 Å². The number of nitrogens with two attached hydrogens (primary N) is 1.